The molecule has 8 heteroatoms. The van der Waals surface area contributed by atoms with Crippen molar-refractivity contribution in [3.05, 3.63) is 11.7 Å². The van der Waals surface area contributed by atoms with Crippen molar-refractivity contribution in [3.63, 3.8) is 0 Å². The molecule has 1 N–H and O–H groups in total. The topological polar surface area (TPSA) is 92.9 Å². The van der Waals surface area contributed by atoms with Crippen LogP contribution in [0.15, 0.2) is 9.52 Å². The van der Waals surface area contributed by atoms with Crippen LogP contribution in [-0.4, -0.2) is 52.2 Å². The van der Waals surface area contributed by atoms with Crippen LogP contribution in [0.1, 0.15) is 32.5 Å². The Kier molecular flexibility index (Phi) is 4.44. The van der Waals surface area contributed by atoms with Crippen molar-refractivity contribution in [2.45, 2.75) is 39.8 Å². The largest absolute Gasteiger partial charge is 0.444 e. The Morgan fingerprint density at radius 3 is 2.86 bits per heavy atom. The molecule has 0 aromatic carbocycles. The summed E-state index contributed by atoms with van der Waals surface area (Å²) in [5, 5.41) is 6.82. The van der Waals surface area contributed by atoms with Gasteiger partial charge in [0, 0.05) is 6.54 Å². The molecule has 0 radical (unpaired) electrons. The van der Waals surface area contributed by atoms with Gasteiger partial charge in [0.2, 0.25) is 5.89 Å². The van der Waals surface area contributed by atoms with Crippen molar-refractivity contribution in [2.75, 3.05) is 19.6 Å². The van der Waals surface area contributed by atoms with E-state index in [1.54, 1.807) is 11.8 Å². The number of ether oxygens (including phenoxy) is 1. The van der Waals surface area contributed by atoms with Crippen molar-refractivity contribution in [1.82, 2.24) is 20.4 Å². The third kappa shape index (κ3) is 4.73. The van der Waals surface area contributed by atoms with Gasteiger partial charge >= 0.3 is 6.09 Å². The lowest BCUT2D eigenvalue weighted by atomic mass is 10.2. The van der Waals surface area contributed by atoms with Crippen LogP contribution in [0.5, 0.6) is 0 Å². The Morgan fingerprint density at radius 2 is 2.24 bits per heavy atom. The maximum atomic E-state index is 12.0. The highest BCUT2D eigenvalue weighted by Crippen LogP contribution is 2.11. The number of carbonyl (C=O) groups is 1. The monoisotopic (exact) mass is 295 g/mol. The Hall–Kier alpha value is -2.12. The minimum atomic E-state index is -0.499. The molecule has 0 atom stereocenters. The van der Waals surface area contributed by atoms with Crippen molar-refractivity contribution in [1.29, 1.82) is 0 Å². The number of aromatic nitrogens is 2. The zero-order valence-corrected chi connectivity index (χ0v) is 12.8. The number of carbonyl (C=O) groups excluding carboxylic acids is 1. The summed E-state index contributed by atoms with van der Waals surface area (Å²) in [7, 11) is 0. The molecule has 0 saturated heterocycles. The number of amides is 1. The van der Waals surface area contributed by atoms with Gasteiger partial charge in [-0.1, -0.05) is 5.16 Å². The number of nitrogens with zero attached hydrogens (tertiary/aromatic N) is 4. The Morgan fingerprint density at radius 1 is 1.48 bits per heavy atom. The minimum absolute atomic E-state index is 0.328. The van der Waals surface area contributed by atoms with Gasteiger partial charge in [0.1, 0.15) is 11.4 Å². The van der Waals surface area contributed by atoms with Gasteiger partial charge in [0.05, 0.1) is 19.6 Å². The van der Waals surface area contributed by atoms with Crippen LogP contribution < -0.4 is 5.32 Å². The highest BCUT2D eigenvalue weighted by molar-refractivity contribution is 5.87. The van der Waals surface area contributed by atoms with Gasteiger partial charge in [0.25, 0.3) is 0 Å². The third-order valence-corrected chi connectivity index (χ3v) is 2.68. The first-order chi connectivity index (χ1) is 9.83. The van der Waals surface area contributed by atoms with E-state index in [9.17, 15) is 4.79 Å². The van der Waals surface area contributed by atoms with Gasteiger partial charge in [-0.25, -0.2) is 4.79 Å². The van der Waals surface area contributed by atoms with Crippen LogP contribution in [0.4, 0.5) is 4.79 Å². The number of aliphatic imine (C=N–C) groups is 1. The highest BCUT2D eigenvalue weighted by Gasteiger charge is 2.25. The fourth-order valence-corrected chi connectivity index (χ4v) is 1.80. The summed E-state index contributed by atoms with van der Waals surface area (Å²) in [6.07, 6.45) is -0.328. The molecule has 0 fully saturated rings. The standard InChI is InChI=1S/C13H21N5O3/c1-9-16-11(21-17-9)7-15-10-8-18(6-5-14-10)12(19)20-13(2,3)4/h5-8H2,1-4H3,(H,14,15). The number of nitrogens with one attached hydrogen (secondary N) is 1. The summed E-state index contributed by atoms with van der Waals surface area (Å²) in [4.78, 5) is 22.1. The first-order valence-corrected chi connectivity index (χ1v) is 6.88. The minimum Gasteiger partial charge on any atom is -0.444 e. The molecule has 1 amide bonds. The quantitative estimate of drug-likeness (QED) is 0.878. The summed E-state index contributed by atoms with van der Waals surface area (Å²) in [5.41, 5.74) is -0.499. The lowest BCUT2D eigenvalue weighted by Crippen LogP contribution is -2.47. The van der Waals surface area contributed by atoms with E-state index < -0.39 is 5.60 Å². The second-order valence-corrected chi connectivity index (χ2v) is 5.82. The second kappa shape index (κ2) is 6.11. The number of hydrogen-bond donors (Lipinski definition) is 1. The number of aryl methyl sites for hydroxylation is 1. The molecule has 8 nitrogen and oxygen atoms in total. The van der Waals surface area contributed by atoms with E-state index in [1.807, 2.05) is 20.8 Å². The molecular formula is C13H21N5O3. The van der Waals surface area contributed by atoms with Gasteiger partial charge in [-0.05, 0) is 27.7 Å². The second-order valence-electron chi connectivity index (χ2n) is 5.82. The van der Waals surface area contributed by atoms with Gasteiger partial charge in [-0.15, -0.1) is 0 Å². The van der Waals surface area contributed by atoms with Crippen LogP contribution >= 0.6 is 0 Å². The first-order valence-electron chi connectivity index (χ1n) is 6.88. The van der Waals surface area contributed by atoms with E-state index in [4.69, 9.17) is 9.26 Å². The van der Waals surface area contributed by atoms with Crippen LogP contribution in [0.2, 0.25) is 0 Å². The molecule has 0 unspecified atom stereocenters. The number of hydrogen-bond acceptors (Lipinski definition) is 7. The Bertz CT molecular complexity index is 532. The van der Waals surface area contributed by atoms with E-state index in [1.165, 1.54) is 0 Å². The molecule has 0 bridgehead atoms. The molecule has 0 aliphatic carbocycles. The fourth-order valence-electron chi connectivity index (χ4n) is 1.80. The average molecular weight is 295 g/mol. The molecular weight excluding hydrogens is 274 g/mol. The molecule has 116 valence electrons. The molecule has 1 aliphatic rings. The predicted octanol–water partition coefficient (Wildman–Crippen LogP) is 1.12. The average Bonchev–Trinajstić information content (AvgIpc) is 2.81. The van der Waals surface area contributed by atoms with Crippen molar-refractivity contribution < 1.29 is 14.1 Å². The normalized spacial score (nSPS) is 15.6. The van der Waals surface area contributed by atoms with E-state index in [0.717, 1.165) is 0 Å². The number of amidine groups is 1. The lowest BCUT2D eigenvalue weighted by Gasteiger charge is -2.29. The SMILES string of the molecule is Cc1noc(CNC2=NCCN(C(=O)OC(C)(C)C)C2)n1. The molecule has 0 saturated carbocycles. The third-order valence-electron chi connectivity index (χ3n) is 2.68. The first kappa shape index (κ1) is 15.3. The summed E-state index contributed by atoms with van der Waals surface area (Å²) in [5.74, 6) is 1.79. The highest BCUT2D eigenvalue weighted by atomic mass is 16.6. The molecule has 2 heterocycles. The van der Waals surface area contributed by atoms with Crippen molar-refractivity contribution in [2.24, 2.45) is 4.99 Å². The lowest BCUT2D eigenvalue weighted by molar-refractivity contribution is 0.0276. The molecule has 0 spiro atoms. The zero-order chi connectivity index (χ0) is 15.5. The molecule has 2 rings (SSSR count). The van der Waals surface area contributed by atoms with Gasteiger partial charge in [-0.3, -0.25) is 9.89 Å². The van der Waals surface area contributed by atoms with Crippen LogP contribution in [0.25, 0.3) is 0 Å². The van der Waals surface area contributed by atoms with Gasteiger partial charge in [-0.2, -0.15) is 4.98 Å². The summed E-state index contributed by atoms with van der Waals surface area (Å²) >= 11 is 0. The summed E-state index contributed by atoms with van der Waals surface area (Å²) in [6.45, 7) is 9.18. The molecule has 1 aliphatic heterocycles. The van der Waals surface area contributed by atoms with Gasteiger partial charge < -0.3 is 14.6 Å². The summed E-state index contributed by atoms with van der Waals surface area (Å²) in [6, 6.07) is 0. The molecule has 21 heavy (non-hydrogen) atoms. The smallest absolute Gasteiger partial charge is 0.410 e. The van der Waals surface area contributed by atoms with E-state index in [2.05, 4.69) is 20.4 Å². The van der Waals surface area contributed by atoms with Gasteiger partial charge in [0.15, 0.2) is 5.82 Å². The van der Waals surface area contributed by atoms with Crippen molar-refractivity contribution >= 4 is 11.9 Å². The van der Waals surface area contributed by atoms with Crippen molar-refractivity contribution in [3.8, 4) is 0 Å². The van der Waals surface area contributed by atoms with E-state index in [-0.39, 0.29) is 6.09 Å². The maximum absolute atomic E-state index is 12.0. The fraction of sp³-hybridized carbons (Fsp3) is 0.692. The summed E-state index contributed by atoms with van der Waals surface area (Å²) < 4.78 is 10.4. The van der Waals surface area contributed by atoms with Crippen LogP contribution in [-0.2, 0) is 11.3 Å². The number of rotatable bonds is 2. The van der Waals surface area contributed by atoms with Crippen LogP contribution in [0.3, 0.4) is 0 Å². The molecule has 1 aromatic rings. The molecule has 1 aromatic heterocycles. The Labute approximate surface area is 123 Å². The van der Waals surface area contributed by atoms with Crippen LogP contribution in [0, 0.1) is 6.92 Å². The maximum Gasteiger partial charge on any atom is 0.410 e. The van der Waals surface area contributed by atoms with E-state index in [0.29, 0.717) is 43.7 Å². The Balaban J connectivity index is 1.85. The predicted molar refractivity (Wildman–Crippen MR) is 76.0 cm³/mol. The zero-order valence-electron chi connectivity index (χ0n) is 12.8. The van der Waals surface area contributed by atoms with E-state index >= 15 is 0 Å².